The van der Waals surface area contributed by atoms with E-state index in [-0.39, 0.29) is 25.3 Å². The molecule has 0 fully saturated rings. The van der Waals surface area contributed by atoms with Crippen LogP contribution >= 0.6 is 0 Å². The molecule has 0 aliphatic carbocycles. The Morgan fingerprint density at radius 3 is 2.42 bits per heavy atom. The van der Waals surface area contributed by atoms with Gasteiger partial charge in [0.25, 0.3) is 0 Å². The first-order valence-electron chi connectivity index (χ1n) is 7.40. The Kier molecular flexibility index (Phi) is 7.30. The summed E-state index contributed by atoms with van der Waals surface area (Å²) in [5, 5.41) is 11.4. The van der Waals surface area contributed by atoms with Crippen molar-refractivity contribution in [3.63, 3.8) is 0 Å². The van der Waals surface area contributed by atoms with Crippen molar-refractivity contribution in [2.75, 3.05) is 6.54 Å². The quantitative estimate of drug-likeness (QED) is 0.611. The van der Waals surface area contributed by atoms with Crippen LogP contribution in [0.2, 0.25) is 0 Å². The van der Waals surface area contributed by atoms with Crippen LogP contribution in [0.4, 0.5) is 4.39 Å². The molecule has 1 unspecified atom stereocenters. The van der Waals surface area contributed by atoms with Gasteiger partial charge in [0.2, 0.25) is 15.9 Å². The molecule has 0 radical (unpaired) electrons. The number of sulfonamides is 1. The third-order valence-corrected chi connectivity index (χ3v) is 4.61. The standard InChI is InChI=1S/C15H21FN2O5S/c1-10(2)9-12(15(20)21)18-14(19)7-8-17-24(22,23)13-6-4-3-5-11(13)16/h3-6,10,12,17H,7-9H2,1-2H3,(H,18,19)(H,20,21). The number of carboxylic acid groups (broad SMARTS) is 1. The molecule has 1 rings (SSSR count). The first-order valence-corrected chi connectivity index (χ1v) is 8.88. The van der Waals surface area contributed by atoms with Crippen molar-refractivity contribution in [3.05, 3.63) is 30.1 Å². The molecule has 3 N–H and O–H groups in total. The molecule has 0 heterocycles. The topological polar surface area (TPSA) is 113 Å². The van der Waals surface area contributed by atoms with Crippen molar-refractivity contribution >= 4 is 21.9 Å². The number of halogens is 1. The zero-order valence-corrected chi connectivity index (χ0v) is 14.3. The molecule has 1 atom stereocenters. The zero-order valence-electron chi connectivity index (χ0n) is 13.5. The molecule has 1 amide bonds. The van der Waals surface area contributed by atoms with Crippen LogP contribution in [-0.4, -0.2) is 38.0 Å². The summed E-state index contributed by atoms with van der Waals surface area (Å²) in [5.41, 5.74) is 0. The lowest BCUT2D eigenvalue weighted by Crippen LogP contribution is -2.42. The molecular formula is C15H21FN2O5S. The highest BCUT2D eigenvalue weighted by Gasteiger charge is 2.22. The summed E-state index contributed by atoms with van der Waals surface area (Å²) >= 11 is 0. The van der Waals surface area contributed by atoms with Crippen LogP contribution in [-0.2, 0) is 19.6 Å². The third kappa shape index (κ3) is 6.25. The fraction of sp³-hybridized carbons (Fsp3) is 0.467. The highest BCUT2D eigenvalue weighted by molar-refractivity contribution is 7.89. The number of hydrogen-bond acceptors (Lipinski definition) is 4. The smallest absolute Gasteiger partial charge is 0.326 e. The molecular weight excluding hydrogens is 339 g/mol. The fourth-order valence-corrected chi connectivity index (χ4v) is 3.11. The van der Waals surface area contributed by atoms with Gasteiger partial charge in [-0.3, -0.25) is 4.79 Å². The lowest BCUT2D eigenvalue weighted by molar-refractivity contribution is -0.142. The summed E-state index contributed by atoms with van der Waals surface area (Å²) < 4.78 is 39.5. The maximum Gasteiger partial charge on any atom is 0.326 e. The molecule has 0 aromatic heterocycles. The van der Waals surface area contributed by atoms with Crippen molar-refractivity contribution in [2.24, 2.45) is 5.92 Å². The minimum atomic E-state index is -4.07. The molecule has 134 valence electrons. The summed E-state index contributed by atoms with van der Waals surface area (Å²) in [7, 11) is -4.07. The monoisotopic (exact) mass is 360 g/mol. The van der Waals surface area contributed by atoms with Gasteiger partial charge in [-0.1, -0.05) is 26.0 Å². The van der Waals surface area contributed by atoms with Crippen LogP contribution in [0.5, 0.6) is 0 Å². The Morgan fingerprint density at radius 2 is 1.88 bits per heavy atom. The maximum atomic E-state index is 13.5. The molecule has 24 heavy (non-hydrogen) atoms. The van der Waals surface area contributed by atoms with E-state index < -0.39 is 38.7 Å². The van der Waals surface area contributed by atoms with E-state index in [9.17, 15) is 22.4 Å². The van der Waals surface area contributed by atoms with E-state index in [0.29, 0.717) is 0 Å². The summed E-state index contributed by atoms with van der Waals surface area (Å²) in [6, 6.07) is 3.85. The number of nitrogens with one attached hydrogen (secondary N) is 2. The Bertz CT molecular complexity index is 691. The first-order chi connectivity index (χ1) is 11.1. The van der Waals surface area contributed by atoms with E-state index >= 15 is 0 Å². The van der Waals surface area contributed by atoms with Crippen molar-refractivity contribution in [3.8, 4) is 0 Å². The average Bonchev–Trinajstić information content (AvgIpc) is 2.46. The number of rotatable bonds is 9. The second kappa shape index (κ2) is 8.74. The minimum Gasteiger partial charge on any atom is -0.480 e. The molecule has 1 aromatic carbocycles. The summed E-state index contributed by atoms with van der Waals surface area (Å²) in [4.78, 5) is 22.3. The third-order valence-electron chi connectivity index (χ3n) is 3.11. The Hall–Kier alpha value is -2.00. The van der Waals surface area contributed by atoms with Gasteiger partial charge in [0, 0.05) is 13.0 Å². The molecule has 7 nitrogen and oxygen atoms in total. The van der Waals surface area contributed by atoms with Gasteiger partial charge >= 0.3 is 5.97 Å². The van der Waals surface area contributed by atoms with Gasteiger partial charge in [-0.05, 0) is 24.5 Å². The number of aliphatic carboxylic acids is 1. The number of hydrogen-bond donors (Lipinski definition) is 3. The average molecular weight is 360 g/mol. The first kappa shape index (κ1) is 20.0. The lowest BCUT2D eigenvalue weighted by Gasteiger charge is -2.16. The normalized spacial score (nSPS) is 12.8. The molecule has 0 spiro atoms. The molecule has 0 saturated heterocycles. The van der Waals surface area contributed by atoms with Crippen molar-refractivity contribution in [1.29, 1.82) is 0 Å². The largest absolute Gasteiger partial charge is 0.480 e. The van der Waals surface area contributed by atoms with Gasteiger partial charge in [-0.25, -0.2) is 22.3 Å². The van der Waals surface area contributed by atoms with Gasteiger partial charge in [0.1, 0.15) is 16.8 Å². The summed E-state index contributed by atoms with van der Waals surface area (Å²) in [5.74, 6) is -2.56. The predicted molar refractivity (Wildman–Crippen MR) is 85.2 cm³/mol. The van der Waals surface area contributed by atoms with Crippen molar-refractivity contribution < 1.29 is 27.5 Å². The van der Waals surface area contributed by atoms with Crippen LogP contribution in [0, 0.1) is 11.7 Å². The predicted octanol–water partition coefficient (Wildman–Crippen LogP) is 1.11. The summed E-state index contributed by atoms with van der Waals surface area (Å²) in [6.45, 7) is 3.38. The Labute approximate surface area is 140 Å². The Morgan fingerprint density at radius 1 is 1.25 bits per heavy atom. The second-order valence-corrected chi connectivity index (χ2v) is 7.40. The van der Waals surface area contributed by atoms with Crippen LogP contribution in [0.15, 0.2) is 29.2 Å². The van der Waals surface area contributed by atoms with Gasteiger partial charge in [-0.15, -0.1) is 0 Å². The van der Waals surface area contributed by atoms with E-state index in [1.165, 1.54) is 12.1 Å². The van der Waals surface area contributed by atoms with E-state index in [1.54, 1.807) is 0 Å². The number of carbonyl (C=O) groups is 2. The van der Waals surface area contributed by atoms with Crippen molar-refractivity contribution in [1.82, 2.24) is 10.0 Å². The van der Waals surface area contributed by atoms with Gasteiger partial charge < -0.3 is 10.4 Å². The molecule has 1 aromatic rings. The SMILES string of the molecule is CC(C)CC(NC(=O)CCNS(=O)(=O)c1ccccc1F)C(=O)O. The van der Waals surface area contributed by atoms with Crippen LogP contribution < -0.4 is 10.0 Å². The number of carboxylic acids is 1. The van der Waals surface area contributed by atoms with Gasteiger partial charge in [0.05, 0.1) is 0 Å². The van der Waals surface area contributed by atoms with Crippen LogP contribution in [0.25, 0.3) is 0 Å². The number of amides is 1. The summed E-state index contributed by atoms with van der Waals surface area (Å²) in [6.07, 6.45) is 0.0115. The Balaban J connectivity index is 2.56. The van der Waals surface area contributed by atoms with Crippen LogP contribution in [0.3, 0.4) is 0 Å². The van der Waals surface area contributed by atoms with Gasteiger partial charge in [-0.2, -0.15) is 0 Å². The van der Waals surface area contributed by atoms with E-state index in [4.69, 9.17) is 5.11 Å². The highest BCUT2D eigenvalue weighted by Crippen LogP contribution is 2.12. The number of benzene rings is 1. The van der Waals surface area contributed by atoms with E-state index in [2.05, 4.69) is 10.0 Å². The fourth-order valence-electron chi connectivity index (χ4n) is 2.00. The molecule has 0 saturated carbocycles. The van der Waals surface area contributed by atoms with Gasteiger partial charge in [0.15, 0.2) is 0 Å². The maximum absolute atomic E-state index is 13.5. The van der Waals surface area contributed by atoms with E-state index in [1.807, 2.05) is 13.8 Å². The van der Waals surface area contributed by atoms with Crippen molar-refractivity contribution in [2.45, 2.75) is 37.6 Å². The molecule has 0 aliphatic heterocycles. The highest BCUT2D eigenvalue weighted by atomic mass is 32.2. The molecule has 0 bridgehead atoms. The molecule has 0 aliphatic rings. The number of carbonyl (C=O) groups excluding carboxylic acids is 1. The minimum absolute atomic E-state index is 0.0750. The lowest BCUT2D eigenvalue weighted by atomic mass is 10.0. The second-order valence-electron chi connectivity index (χ2n) is 5.67. The zero-order chi connectivity index (χ0) is 18.3. The van der Waals surface area contributed by atoms with Crippen LogP contribution in [0.1, 0.15) is 26.7 Å². The van der Waals surface area contributed by atoms with E-state index in [0.717, 1.165) is 12.1 Å². The molecule has 9 heteroatoms.